The first-order valence-electron chi connectivity index (χ1n) is 8.41. The van der Waals surface area contributed by atoms with E-state index < -0.39 is 11.7 Å². The van der Waals surface area contributed by atoms with E-state index in [0.717, 1.165) is 31.2 Å². The average molecular weight is 350 g/mol. The fourth-order valence-corrected chi connectivity index (χ4v) is 3.09. The summed E-state index contributed by atoms with van der Waals surface area (Å²) in [5.74, 6) is 0. The summed E-state index contributed by atoms with van der Waals surface area (Å²) in [6.07, 6.45) is -0.442. The Hall–Kier alpha value is -1.92. The molecule has 1 aliphatic rings. The van der Waals surface area contributed by atoms with Gasteiger partial charge in [0, 0.05) is 32.4 Å². The fraction of sp³-hybridized carbons (Fsp3) is 0.421. The molecule has 1 aliphatic heterocycles. The largest absolute Gasteiger partial charge is 0.416 e. The van der Waals surface area contributed by atoms with Crippen molar-refractivity contribution in [3.63, 3.8) is 0 Å². The van der Waals surface area contributed by atoms with E-state index >= 15 is 0 Å². The zero-order valence-corrected chi connectivity index (χ0v) is 13.9. The van der Waals surface area contributed by atoms with Gasteiger partial charge in [-0.2, -0.15) is 13.2 Å². The monoisotopic (exact) mass is 350 g/mol. The molecule has 1 atom stereocenters. The highest BCUT2D eigenvalue weighted by Crippen LogP contribution is 2.30. The number of nitrogens with zero attached hydrogens (tertiary/aromatic N) is 2. The lowest BCUT2D eigenvalue weighted by Crippen LogP contribution is -2.31. The van der Waals surface area contributed by atoms with Gasteiger partial charge in [0.05, 0.1) is 17.4 Å². The topological polar surface area (TPSA) is 25.4 Å². The minimum atomic E-state index is -4.32. The maximum absolute atomic E-state index is 12.9. The molecule has 1 aromatic carbocycles. The Labute approximate surface area is 145 Å². The normalized spacial score (nSPS) is 18.0. The van der Waals surface area contributed by atoms with Crippen molar-refractivity contribution < 1.29 is 17.9 Å². The van der Waals surface area contributed by atoms with Crippen LogP contribution in [-0.2, 0) is 24.0 Å². The van der Waals surface area contributed by atoms with Crippen LogP contribution in [0, 0.1) is 0 Å². The molecule has 1 aromatic heterocycles. The van der Waals surface area contributed by atoms with E-state index in [-0.39, 0.29) is 6.10 Å². The predicted molar refractivity (Wildman–Crippen MR) is 88.8 cm³/mol. The second kappa shape index (κ2) is 7.97. The summed E-state index contributed by atoms with van der Waals surface area (Å²) in [4.78, 5) is 6.43. The van der Waals surface area contributed by atoms with Crippen LogP contribution < -0.4 is 0 Å². The van der Waals surface area contributed by atoms with E-state index in [1.54, 1.807) is 12.3 Å². The molecule has 0 unspecified atom stereocenters. The zero-order valence-electron chi connectivity index (χ0n) is 13.9. The highest BCUT2D eigenvalue weighted by molar-refractivity contribution is 5.25. The quantitative estimate of drug-likeness (QED) is 0.777. The lowest BCUT2D eigenvalue weighted by atomic mass is 10.1. The van der Waals surface area contributed by atoms with Crippen molar-refractivity contribution in [1.82, 2.24) is 9.88 Å². The van der Waals surface area contributed by atoms with E-state index in [2.05, 4.69) is 9.88 Å². The minimum absolute atomic E-state index is 0.134. The Bertz CT molecular complexity index is 670. The molecule has 0 spiro atoms. The van der Waals surface area contributed by atoms with E-state index in [4.69, 9.17) is 4.74 Å². The number of aromatic nitrogens is 1. The molecule has 3 nitrogen and oxygen atoms in total. The second-order valence-corrected chi connectivity index (χ2v) is 6.32. The molecule has 0 N–H and O–H groups in total. The molecule has 0 bridgehead atoms. The Kier molecular flexibility index (Phi) is 5.71. The number of pyridine rings is 1. The summed E-state index contributed by atoms with van der Waals surface area (Å²) in [5.41, 5.74) is 0.927. The second-order valence-electron chi connectivity index (χ2n) is 6.32. The van der Waals surface area contributed by atoms with Crippen molar-refractivity contribution in [2.75, 3.05) is 13.2 Å². The number of benzene rings is 1. The van der Waals surface area contributed by atoms with Crippen molar-refractivity contribution in [3.8, 4) is 0 Å². The molecule has 0 aliphatic carbocycles. The van der Waals surface area contributed by atoms with Gasteiger partial charge in [-0.1, -0.05) is 24.3 Å². The van der Waals surface area contributed by atoms with E-state index in [1.807, 2.05) is 18.2 Å². The molecular weight excluding hydrogens is 329 g/mol. The summed E-state index contributed by atoms with van der Waals surface area (Å²) in [5, 5.41) is 0. The van der Waals surface area contributed by atoms with Crippen LogP contribution in [0.3, 0.4) is 0 Å². The minimum Gasteiger partial charge on any atom is -0.377 e. The summed E-state index contributed by atoms with van der Waals surface area (Å²) in [7, 11) is 0. The first-order chi connectivity index (χ1) is 12.0. The molecule has 1 fully saturated rings. The van der Waals surface area contributed by atoms with Crippen LogP contribution in [0.2, 0.25) is 0 Å². The highest BCUT2D eigenvalue weighted by Gasteiger charge is 2.30. The summed E-state index contributed by atoms with van der Waals surface area (Å²) >= 11 is 0. The molecule has 0 saturated carbocycles. The van der Waals surface area contributed by atoms with Crippen LogP contribution >= 0.6 is 0 Å². The SMILES string of the molecule is FC(F)(F)c1cccc(CN(Cc2ccccn2)C[C@H]2CCCO2)c1. The number of hydrogen-bond acceptors (Lipinski definition) is 3. The molecule has 2 heterocycles. The highest BCUT2D eigenvalue weighted by atomic mass is 19.4. The van der Waals surface area contributed by atoms with Crippen molar-refractivity contribution >= 4 is 0 Å². The van der Waals surface area contributed by atoms with Crippen molar-refractivity contribution in [2.45, 2.75) is 38.2 Å². The summed E-state index contributed by atoms with van der Waals surface area (Å²) in [6, 6.07) is 11.2. The van der Waals surface area contributed by atoms with Crippen molar-refractivity contribution in [3.05, 3.63) is 65.5 Å². The molecule has 6 heteroatoms. The lowest BCUT2D eigenvalue weighted by molar-refractivity contribution is -0.137. The van der Waals surface area contributed by atoms with Crippen LogP contribution in [0.15, 0.2) is 48.7 Å². The molecule has 0 radical (unpaired) electrons. The number of halogens is 3. The summed E-state index contributed by atoms with van der Waals surface area (Å²) in [6.45, 7) is 2.45. The van der Waals surface area contributed by atoms with Crippen LogP contribution in [-0.4, -0.2) is 29.1 Å². The molecule has 25 heavy (non-hydrogen) atoms. The summed E-state index contributed by atoms with van der Waals surface area (Å²) < 4.78 is 44.5. The number of rotatable bonds is 6. The number of alkyl halides is 3. The van der Waals surface area contributed by atoms with Crippen molar-refractivity contribution in [1.29, 1.82) is 0 Å². The Morgan fingerprint density at radius 2 is 2.00 bits per heavy atom. The molecule has 2 aromatic rings. The van der Waals surface area contributed by atoms with Crippen molar-refractivity contribution in [2.24, 2.45) is 0 Å². The van der Waals surface area contributed by atoms with Gasteiger partial charge in [0.15, 0.2) is 0 Å². The van der Waals surface area contributed by atoms with Gasteiger partial charge < -0.3 is 4.74 Å². The number of ether oxygens (including phenoxy) is 1. The third-order valence-electron chi connectivity index (χ3n) is 4.26. The molecule has 0 amide bonds. The van der Waals surface area contributed by atoms with Gasteiger partial charge in [-0.15, -0.1) is 0 Å². The first kappa shape index (κ1) is 17.9. The Morgan fingerprint density at radius 1 is 1.12 bits per heavy atom. The first-order valence-corrected chi connectivity index (χ1v) is 8.41. The van der Waals surface area contributed by atoms with Gasteiger partial charge in [-0.3, -0.25) is 9.88 Å². The predicted octanol–water partition coefficient (Wildman–Crippen LogP) is 4.28. The van der Waals surface area contributed by atoms with Crippen LogP contribution in [0.1, 0.15) is 29.7 Å². The van der Waals surface area contributed by atoms with Gasteiger partial charge in [0.2, 0.25) is 0 Å². The average Bonchev–Trinajstić information content (AvgIpc) is 3.08. The van der Waals surface area contributed by atoms with E-state index in [9.17, 15) is 13.2 Å². The smallest absolute Gasteiger partial charge is 0.377 e. The molecule has 3 rings (SSSR count). The Balaban J connectivity index is 1.74. The van der Waals surface area contributed by atoms with Gasteiger partial charge >= 0.3 is 6.18 Å². The molecular formula is C19H21F3N2O. The van der Waals surface area contributed by atoms with Gasteiger partial charge in [0.1, 0.15) is 0 Å². The molecule has 134 valence electrons. The maximum Gasteiger partial charge on any atom is 0.416 e. The fourth-order valence-electron chi connectivity index (χ4n) is 3.09. The van der Waals surface area contributed by atoms with E-state index in [1.165, 1.54) is 12.1 Å². The van der Waals surface area contributed by atoms with Gasteiger partial charge in [-0.05, 0) is 36.6 Å². The maximum atomic E-state index is 12.9. The van der Waals surface area contributed by atoms with Crippen LogP contribution in [0.5, 0.6) is 0 Å². The zero-order chi connectivity index (χ0) is 17.7. The van der Waals surface area contributed by atoms with Crippen LogP contribution in [0.25, 0.3) is 0 Å². The third kappa shape index (κ3) is 5.28. The standard InChI is InChI=1S/C19H21F3N2O/c20-19(21,22)16-6-3-5-15(11-16)12-24(14-18-8-4-10-25-18)13-17-7-1-2-9-23-17/h1-3,5-7,9,11,18H,4,8,10,12-14H2/t18-/m1/s1. The third-order valence-corrected chi connectivity index (χ3v) is 4.26. The van der Waals surface area contributed by atoms with Gasteiger partial charge in [-0.25, -0.2) is 0 Å². The van der Waals surface area contributed by atoms with Crippen LogP contribution in [0.4, 0.5) is 13.2 Å². The Morgan fingerprint density at radius 3 is 2.68 bits per heavy atom. The van der Waals surface area contributed by atoms with Gasteiger partial charge in [0.25, 0.3) is 0 Å². The lowest BCUT2D eigenvalue weighted by Gasteiger charge is -2.25. The number of hydrogen-bond donors (Lipinski definition) is 0. The van der Waals surface area contributed by atoms with E-state index in [0.29, 0.717) is 25.2 Å². The molecule has 1 saturated heterocycles.